The van der Waals surface area contributed by atoms with Gasteiger partial charge in [-0.15, -0.1) is 5.10 Å². The summed E-state index contributed by atoms with van der Waals surface area (Å²) in [6.45, 7) is 1.83. The SMILES string of the molecule is CNC(=O)[C@@H]1C[C@@H](O)[C@H](n2cnc3c(NC4CC4)nc(-n4cc(C)nn4)nc32)O1. The van der Waals surface area contributed by atoms with Gasteiger partial charge in [0.25, 0.3) is 5.95 Å². The first kappa shape index (κ1) is 17.9. The van der Waals surface area contributed by atoms with E-state index in [-0.39, 0.29) is 12.3 Å². The molecule has 3 atom stereocenters. The Labute approximate surface area is 165 Å². The predicted molar refractivity (Wildman–Crippen MR) is 100 cm³/mol. The molecule has 5 rings (SSSR count). The lowest BCUT2D eigenvalue weighted by molar-refractivity contribution is -0.134. The first-order valence-electron chi connectivity index (χ1n) is 9.49. The van der Waals surface area contributed by atoms with Crippen LogP contribution in [0.3, 0.4) is 0 Å². The lowest BCUT2D eigenvalue weighted by Crippen LogP contribution is -2.31. The van der Waals surface area contributed by atoms with Gasteiger partial charge in [0.15, 0.2) is 23.2 Å². The van der Waals surface area contributed by atoms with Crippen molar-refractivity contribution < 1.29 is 14.6 Å². The Kier molecular flexibility index (Phi) is 4.17. The topological polar surface area (TPSA) is 145 Å². The van der Waals surface area contributed by atoms with E-state index in [0.717, 1.165) is 18.5 Å². The van der Waals surface area contributed by atoms with E-state index < -0.39 is 18.4 Å². The molecule has 3 aromatic heterocycles. The van der Waals surface area contributed by atoms with Crippen LogP contribution in [0.1, 0.15) is 31.2 Å². The number of nitrogens with one attached hydrogen (secondary N) is 2. The number of rotatable bonds is 5. The predicted octanol–water partition coefficient (Wildman–Crippen LogP) is -0.316. The molecular formula is C17H21N9O3. The summed E-state index contributed by atoms with van der Waals surface area (Å²) in [6, 6.07) is 0.356. The number of imidazole rings is 1. The van der Waals surface area contributed by atoms with Gasteiger partial charge in [-0.1, -0.05) is 5.21 Å². The van der Waals surface area contributed by atoms with Gasteiger partial charge in [-0.2, -0.15) is 14.6 Å². The minimum absolute atomic E-state index is 0.192. The van der Waals surface area contributed by atoms with Gasteiger partial charge in [-0.3, -0.25) is 9.36 Å². The molecule has 2 fully saturated rings. The molecule has 1 aliphatic carbocycles. The lowest BCUT2D eigenvalue weighted by Gasteiger charge is -2.17. The molecule has 0 bridgehead atoms. The Morgan fingerprint density at radius 2 is 2.17 bits per heavy atom. The zero-order valence-electron chi connectivity index (χ0n) is 16.0. The minimum atomic E-state index is -0.874. The molecule has 3 aromatic rings. The van der Waals surface area contributed by atoms with Crippen molar-refractivity contribution in [2.24, 2.45) is 0 Å². The van der Waals surface area contributed by atoms with Gasteiger partial charge in [0.05, 0.1) is 18.2 Å². The van der Waals surface area contributed by atoms with Crippen molar-refractivity contribution in [3.8, 4) is 5.95 Å². The van der Waals surface area contributed by atoms with Gasteiger partial charge in [0, 0.05) is 19.5 Å². The summed E-state index contributed by atoms with van der Waals surface area (Å²) in [6.07, 6.45) is 3.22. The van der Waals surface area contributed by atoms with E-state index in [2.05, 4.69) is 35.9 Å². The highest BCUT2D eigenvalue weighted by atomic mass is 16.5. The second kappa shape index (κ2) is 6.74. The van der Waals surface area contributed by atoms with Crippen molar-refractivity contribution in [2.75, 3.05) is 12.4 Å². The third kappa shape index (κ3) is 3.19. The number of nitrogens with zero attached hydrogens (tertiary/aromatic N) is 7. The zero-order chi connectivity index (χ0) is 20.1. The van der Waals surface area contributed by atoms with E-state index in [0.29, 0.717) is 29.0 Å². The summed E-state index contributed by atoms with van der Waals surface area (Å²) in [5.41, 5.74) is 1.78. The monoisotopic (exact) mass is 399 g/mol. The molecule has 1 saturated heterocycles. The fourth-order valence-corrected chi connectivity index (χ4v) is 3.39. The molecule has 29 heavy (non-hydrogen) atoms. The molecule has 0 spiro atoms. The fourth-order valence-electron chi connectivity index (χ4n) is 3.39. The van der Waals surface area contributed by atoms with Crippen LogP contribution in [0.2, 0.25) is 0 Å². The summed E-state index contributed by atoms with van der Waals surface area (Å²) in [5.74, 6) is 0.647. The maximum atomic E-state index is 11.9. The maximum absolute atomic E-state index is 11.9. The Morgan fingerprint density at radius 3 is 2.86 bits per heavy atom. The summed E-state index contributed by atoms with van der Waals surface area (Å²) < 4.78 is 8.93. The highest BCUT2D eigenvalue weighted by Gasteiger charge is 2.39. The quantitative estimate of drug-likeness (QED) is 0.526. The highest BCUT2D eigenvalue weighted by Crippen LogP contribution is 2.33. The van der Waals surface area contributed by atoms with Gasteiger partial charge in [-0.25, -0.2) is 4.98 Å². The number of fused-ring (bicyclic) bond motifs is 1. The average molecular weight is 399 g/mol. The number of hydrogen-bond donors (Lipinski definition) is 3. The normalized spacial score (nSPS) is 24.2. The molecule has 2 aliphatic rings. The van der Waals surface area contributed by atoms with Crippen molar-refractivity contribution >= 4 is 22.9 Å². The standard InChI is InChI=1S/C17H21N9O3/c1-8-6-26(24-23-8)17-21-13(20-9-3-4-9)12-14(22-17)25(7-19-12)16-10(27)5-11(29-16)15(28)18-2/h6-7,9-11,16,27H,3-5H2,1-2H3,(H,18,28)(H,20,21,22)/t10-,11+,16-/m1/s1. The number of aliphatic hydroxyl groups is 1. The maximum Gasteiger partial charge on any atom is 0.256 e. The molecular weight excluding hydrogens is 378 g/mol. The van der Waals surface area contributed by atoms with E-state index in [1.54, 1.807) is 17.1 Å². The van der Waals surface area contributed by atoms with Crippen LogP contribution in [0.5, 0.6) is 0 Å². The summed E-state index contributed by atoms with van der Waals surface area (Å²) >= 11 is 0. The van der Waals surface area contributed by atoms with E-state index in [9.17, 15) is 9.90 Å². The summed E-state index contributed by atoms with van der Waals surface area (Å²) in [7, 11) is 1.54. The third-order valence-corrected chi connectivity index (χ3v) is 5.04. The smallest absolute Gasteiger partial charge is 0.256 e. The van der Waals surface area contributed by atoms with Crippen molar-refractivity contribution in [1.82, 2.24) is 39.8 Å². The van der Waals surface area contributed by atoms with E-state index in [1.165, 1.54) is 11.7 Å². The minimum Gasteiger partial charge on any atom is -0.388 e. The van der Waals surface area contributed by atoms with Crippen molar-refractivity contribution in [3.05, 3.63) is 18.2 Å². The van der Waals surface area contributed by atoms with Crippen LogP contribution >= 0.6 is 0 Å². The molecule has 0 aromatic carbocycles. The molecule has 12 heteroatoms. The molecule has 1 saturated carbocycles. The van der Waals surface area contributed by atoms with Gasteiger partial charge in [0.2, 0.25) is 5.91 Å². The van der Waals surface area contributed by atoms with Crippen molar-refractivity contribution in [1.29, 1.82) is 0 Å². The first-order chi connectivity index (χ1) is 14.0. The molecule has 4 heterocycles. The fraction of sp³-hybridized carbons (Fsp3) is 0.529. The summed E-state index contributed by atoms with van der Waals surface area (Å²) in [4.78, 5) is 25.6. The molecule has 1 amide bonds. The van der Waals surface area contributed by atoms with Crippen LogP contribution in [0.4, 0.5) is 5.82 Å². The van der Waals surface area contributed by atoms with Crippen molar-refractivity contribution in [3.63, 3.8) is 0 Å². The highest BCUT2D eigenvalue weighted by molar-refractivity contribution is 5.84. The first-order valence-corrected chi connectivity index (χ1v) is 9.49. The second-order valence-corrected chi connectivity index (χ2v) is 7.35. The van der Waals surface area contributed by atoms with Gasteiger partial charge >= 0.3 is 0 Å². The van der Waals surface area contributed by atoms with Gasteiger partial charge in [0.1, 0.15) is 12.2 Å². The number of anilines is 1. The number of aromatic nitrogens is 7. The molecule has 0 radical (unpaired) electrons. The average Bonchev–Trinajstić information content (AvgIpc) is 3.09. The number of likely N-dealkylation sites (N-methyl/N-ethyl adjacent to an activating group) is 1. The number of aliphatic hydroxyl groups excluding tert-OH is 1. The van der Waals surface area contributed by atoms with Crippen LogP contribution in [0.15, 0.2) is 12.5 Å². The van der Waals surface area contributed by atoms with E-state index >= 15 is 0 Å². The number of aryl methyl sites for hydroxylation is 1. The van der Waals surface area contributed by atoms with Crippen LogP contribution in [-0.2, 0) is 9.53 Å². The van der Waals surface area contributed by atoms with Gasteiger partial charge in [-0.05, 0) is 19.8 Å². The zero-order valence-corrected chi connectivity index (χ0v) is 16.0. The Balaban J connectivity index is 1.58. The van der Waals surface area contributed by atoms with Crippen LogP contribution in [-0.4, -0.2) is 70.8 Å². The Bertz CT molecular complexity index is 1070. The number of hydrogen-bond acceptors (Lipinski definition) is 9. The largest absolute Gasteiger partial charge is 0.388 e. The number of amides is 1. The Morgan fingerprint density at radius 1 is 1.34 bits per heavy atom. The molecule has 12 nitrogen and oxygen atoms in total. The number of carbonyl (C=O) groups excluding carboxylic acids is 1. The van der Waals surface area contributed by atoms with E-state index in [1.807, 2.05) is 6.92 Å². The summed E-state index contributed by atoms with van der Waals surface area (Å²) in [5, 5.41) is 24.5. The number of ether oxygens (including phenoxy) is 1. The second-order valence-electron chi connectivity index (χ2n) is 7.35. The Hall–Kier alpha value is -3.12. The molecule has 0 unspecified atom stereocenters. The lowest BCUT2D eigenvalue weighted by atomic mass is 10.2. The molecule has 3 N–H and O–H groups in total. The molecule has 1 aliphatic heterocycles. The van der Waals surface area contributed by atoms with Crippen LogP contribution in [0, 0.1) is 6.92 Å². The van der Waals surface area contributed by atoms with Crippen LogP contribution in [0.25, 0.3) is 17.1 Å². The van der Waals surface area contributed by atoms with Gasteiger partial charge < -0.3 is 20.5 Å². The van der Waals surface area contributed by atoms with Crippen molar-refractivity contribution in [2.45, 2.75) is 50.7 Å². The number of carbonyl (C=O) groups is 1. The molecule has 152 valence electrons. The van der Waals surface area contributed by atoms with Crippen LogP contribution < -0.4 is 10.6 Å². The third-order valence-electron chi connectivity index (χ3n) is 5.04. The van der Waals surface area contributed by atoms with E-state index in [4.69, 9.17) is 4.74 Å².